The average molecular weight is 339 g/mol. The van der Waals surface area contributed by atoms with E-state index in [4.69, 9.17) is 9.47 Å². The van der Waals surface area contributed by atoms with E-state index >= 15 is 0 Å². The lowest BCUT2D eigenvalue weighted by molar-refractivity contribution is 0.0925. The number of aryl methyl sites for hydroxylation is 2. The lowest BCUT2D eigenvalue weighted by Gasteiger charge is -2.25. The minimum Gasteiger partial charge on any atom is -0.486 e. The molecule has 4 heteroatoms. The number of hydrogen-bond donors (Lipinski definition) is 1. The molecule has 1 N–H and O–H groups in total. The molecule has 0 radical (unpaired) electrons. The van der Waals surface area contributed by atoms with Crippen LogP contribution in [0.2, 0.25) is 0 Å². The molecule has 4 nitrogen and oxygen atoms in total. The van der Waals surface area contributed by atoms with E-state index in [2.05, 4.69) is 25.2 Å². The first kappa shape index (κ1) is 17.3. The van der Waals surface area contributed by atoms with Gasteiger partial charge in [0.05, 0.1) is 6.04 Å². The van der Waals surface area contributed by atoms with Gasteiger partial charge in [-0.05, 0) is 49.6 Å². The van der Waals surface area contributed by atoms with Gasteiger partial charge in [-0.3, -0.25) is 4.79 Å². The van der Waals surface area contributed by atoms with Gasteiger partial charge in [-0.2, -0.15) is 0 Å². The molecule has 2 aromatic carbocycles. The molecular formula is C21H25NO3. The Kier molecular flexibility index (Phi) is 4.98. The van der Waals surface area contributed by atoms with Gasteiger partial charge in [-0.25, -0.2) is 0 Å². The summed E-state index contributed by atoms with van der Waals surface area (Å²) in [5.74, 6) is 1.70. The second-order valence-corrected chi connectivity index (χ2v) is 6.97. The second kappa shape index (κ2) is 7.18. The molecule has 0 unspecified atom stereocenters. The van der Waals surface area contributed by atoms with E-state index in [-0.39, 0.29) is 17.9 Å². The molecule has 1 heterocycles. The van der Waals surface area contributed by atoms with Crippen molar-refractivity contribution in [3.8, 4) is 11.5 Å². The van der Waals surface area contributed by atoms with Crippen LogP contribution >= 0.6 is 0 Å². The van der Waals surface area contributed by atoms with Gasteiger partial charge in [-0.1, -0.05) is 37.1 Å². The van der Waals surface area contributed by atoms with Crippen LogP contribution in [-0.4, -0.2) is 19.1 Å². The van der Waals surface area contributed by atoms with Crippen LogP contribution in [0.15, 0.2) is 36.4 Å². The smallest absolute Gasteiger partial charge is 0.251 e. The summed E-state index contributed by atoms with van der Waals surface area (Å²) in [4.78, 5) is 12.8. The predicted molar refractivity (Wildman–Crippen MR) is 98.4 cm³/mol. The molecular weight excluding hydrogens is 314 g/mol. The van der Waals surface area contributed by atoms with E-state index in [0.717, 1.165) is 28.2 Å². The van der Waals surface area contributed by atoms with Crippen molar-refractivity contribution in [2.24, 2.45) is 5.92 Å². The summed E-state index contributed by atoms with van der Waals surface area (Å²) in [6, 6.07) is 11.7. The molecule has 0 saturated carbocycles. The summed E-state index contributed by atoms with van der Waals surface area (Å²) in [6.07, 6.45) is 0. The quantitative estimate of drug-likeness (QED) is 0.908. The Morgan fingerprint density at radius 1 is 0.960 bits per heavy atom. The molecule has 25 heavy (non-hydrogen) atoms. The zero-order valence-corrected chi connectivity index (χ0v) is 15.3. The molecule has 0 aromatic heterocycles. The molecule has 0 aliphatic carbocycles. The van der Waals surface area contributed by atoms with E-state index in [0.29, 0.717) is 18.8 Å². The molecule has 3 rings (SSSR count). The lowest BCUT2D eigenvalue weighted by atomic mass is 9.95. The van der Waals surface area contributed by atoms with Crippen LogP contribution in [-0.2, 0) is 0 Å². The minimum absolute atomic E-state index is 0.0552. The SMILES string of the molecule is Cc1cc(C)cc(C(=O)N[C@@H](c2ccc3c(c2)OCCO3)C(C)C)c1. The maximum atomic E-state index is 12.8. The highest BCUT2D eigenvalue weighted by atomic mass is 16.6. The number of carbonyl (C=O) groups excluding carboxylic acids is 1. The standard InChI is InChI=1S/C21H25NO3/c1-13(2)20(16-5-6-18-19(12-16)25-8-7-24-18)22-21(23)17-10-14(3)9-15(4)11-17/h5-6,9-13,20H,7-8H2,1-4H3,(H,22,23)/t20-/m1/s1. The lowest BCUT2D eigenvalue weighted by Crippen LogP contribution is -2.32. The molecule has 0 fully saturated rings. The third-order valence-corrected chi connectivity index (χ3v) is 4.36. The van der Waals surface area contributed by atoms with E-state index in [9.17, 15) is 4.79 Å². The first-order valence-corrected chi connectivity index (χ1v) is 8.73. The fourth-order valence-electron chi connectivity index (χ4n) is 3.22. The van der Waals surface area contributed by atoms with Crippen LogP contribution in [0, 0.1) is 19.8 Å². The van der Waals surface area contributed by atoms with Crippen LogP contribution in [0.1, 0.15) is 46.9 Å². The molecule has 1 aliphatic heterocycles. The highest BCUT2D eigenvalue weighted by molar-refractivity contribution is 5.94. The van der Waals surface area contributed by atoms with Gasteiger partial charge < -0.3 is 14.8 Å². The first-order chi connectivity index (χ1) is 11.9. The highest BCUT2D eigenvalue weighted by Gasteiger charge is 2.22. The molecule has 0 bridgehead atoms. The van der Waals surface area contributed by atoms with Crippen LogP contribution in [0.5, 0.6) is 11.5 Å². The van der Waals surface area contributed by atoms with Gasteiger partial charge >= 0.3 is 0 Å². The van der Waals surface area contributed by atoms with Crippen molar-refractivity contribution < 1.29 is 14.3 Å². The van der Waals surface area contributed by atoms with Crippen molar-refractivity contribution in [1.29, 1.82) is 0 Å². The number of amides is 1. The highest BCUT2D eigenvalue weighted by Crippen LogP contribution is 2.34. The summed E-state index contributed by atoms with van der Waals surface area (Å²) >= 11 is 0. The molecule has 1 atom stereocenters. The Labute approximate surface area is 149 Å². The number of nitrogens with one attached hydrogen (secondary N) is 1. The van der Waals surface area contributed by atoms with Crippen molar-refractivity contribution in [1.82, 2.24) is 5.32 Å². The predicted octanol–water partition coefficient (Wildman–Crippen LogP) is 4.20. The van der Waals surface area contributed by atoms with Gasteiger partial charge in [0.1, 0.15) is 13.2 Å². The summed E-state index contributed by atoms with van der Waals surface area (Å²) in [5.41, 5.74) is 3.90. The van der Waals surface area contributed by atoms with E-state index in [1.165, 1.54) is 0 Å². The average Bonchev–Trinajstić information content (AvgIpc) is 2.58. The van der Waals surface area contributed by atoms with Gasteiger partial charge in [0.2, 0.25) is 0 Å². The monoisotopic (exact) mass is 339 g/mol. The van der Waals surface area contributed by atoms with Gasteiger partial charge in [0, 0.05) is 5.56 Å². The van der Waals surface area contributed by atoms with Crippen LogP contribution in [0.25, 0.3) is 0 Å². The molecule has 1 amide bonds. The maximum Gasteiger partial charge on any atom is 0.251 e. The van der Waals surface area contributed by atoms with Crippen molar-refractivity contribution >= 4 is 5.91 Å². The van der Waals surface area contributed by atoms with Crippen molar-refractivity contribution in [3.05, 3.63) is 58.7 Å². The Bertz CT molecular complexity index is 762. The largest absolute Gasteiger partial charge is 0.486 e. The minimum atomic E-state index is -0.0934. The van der Waals surface area contributed by atoms with Gasteiger partial charge in [-0.15, -0.1) is 0 Å². The van der Waals surface area contributed by atoms with Crippen molar-refractivity contribution in [3.63, 3.8) is 0 Å². The van der Waals surface area contributed by atoms with E-state index in [1.807, 2.05) is 44.2 Å². The Morgan fingerprint density at radius 3 is 2.24 bits per heavy atom. The normalized spacial score (nSPS) is 14.3. The number of benzene rings is 2. The molecule has 0 saturated heterocycles. The van der Waals surface area contributed by atoms with E-state index in [1.54, 1.807) is 0 Å². The Hall–Kier alpha value is -2.49. The van der Waals surface area contributed by atoms with Crippen molar-refractivity contribution in [2.75, 3.05) is 13.2 Å². The molecule has 1 aliphatic rings. The summed E-state index contributed by atoms with van der Waals surface area (Å²) in [5, 5.41) is 3.17. The van der Waals surface area contributed by atoms with Crippen LogP contribution in [0.4, 0.5) is 0 Å². The summed E-state index contributed by atoms with van der Waals surface area (Å²) in [7, 11) is 0. The van der Waals surface area contributed by atoms with Crippen LogP contribution in [0.3, 0.4) is 0 Å². The fourth-order valence-corrected chi connectivity index (χ4v) is 3.22. The summed E-state index contributed by atoms with van der Waals surface area (Å²) in [6.45, 7) is 9.34. The number of hydrogen-bond acceptors (Lipinski definition) is 3. The Balaban J connectivity index is 1.85. The number of ether oxygens (including phenoxy) is 2. The van der Waals surface area contributed by atoms with Crippen LogP contribution < -0.4 is 14.8 Å². The fraction of sp³-hybridized carbons (Fsp3) is 0.381. The second-order valence-electron chi connectivity index (χ2n) is 6.97. The Morgan fingerprint density at radius 2 is 1.60 bits per heavy atom. The first-order valence-electron chi connectivity index (χ1n) is 8.73. The third-order valence-electron chi connectivity index (χ3n) is 4.36. The summed E-state index contributed by atoms with van der Waals surface area (Å²) < 4.78 is 11.3. The number of rotatable bonds is 4. The zero-order chi connectivity index (χ0) is 18.0. The maximum absolute atomic E-state index is 12.8. The topological polar surface area (TPSA) is 47.6 Å². The van der Waals surface area contributed by atoms with Crippen molar-refractivity contribution in [2.45, 2.75) is 33.7 Å². The molecule has 2 aromatic rings. The van der Waals surface area contributed by atoms with Gasteiger partial charge in [0.25, 0.3) is 5.91 Å². The zero-order valence-electron chi connectivity index (χ0n) is 15.3. The molecule has 132 valence electrons. The number of fused-ring (bicyclic) bond motifs is 1. The van der Waals surface area contributed by atoms with E-state index < -0.39 is 0 Å². The van der Waals surface area contributed by atoms with Gasteiger partial charge in [0.15, 0.2) is 11.5 Å². The molecule has 0 spiro atoms. The number of carbonyl (C=O) groups is 1. The third kappa shape index (κ3) is 3.95.